The van der Waals surface area contributed by atoms with Crippen molar-refractivity contribution in [2.75, 3.05) is 0 Å². The van der Waals surface area contributed by atoms with Crippen LogP contribution in [0.15, 0.2) is 0 Å². The van der Waals surface area contributed by atoms with Gasteiger partial charge in [-0.15, -0.1) is 0 Å². The fourth-order valence-corrected chi connectivity index (χ4v) is 2.42. The second-order valence-electron chi connectivity index (χ2n) is 3.88. The van der Waals surface area contributed by atoms with Gasteiger partial charge < -0.3 is 5.32 Å². The lowest BCUT2D eigenvalue weighted by Crippen LogP contribution is -2.48. The molecule has 0 amide bonds. The number of hydrogen-bond donors (Lipinski definition) is 1. The van der Waals surface area contributed by atoms with Gasteiger partial charge in [-0.3, -0.25) is 4.79 Å². The van der Waals surface area contributed by atoms with Gasteiger partial charge in [0.05, 0.1) is 0 Å². The van der Waals surface area contributed by atoms with E-state index in [0.29, 0.717) is 23.8 Å². The van der Waals surface area contributed by atoms with Crippen LogP contribution in [0.5, 0.6) is 0 Å². The predicted molar refractivity (Wildman–Crippen MR) is 43.4 cm³/mol. The Morgan fingerprint density at radius 2 is 2.27 bits per heavy atom. The molecule has 1 saturated carbocycles. The van der Waals surface area contributed by atoms with Gasteiger partial charge in [0.25, 0.3) is 0 Å². The zero-order valence-corrected chi connectivity index (χ0v) is 6.97. The van der Waals surface area contributed by atoms with E-state index in [1.807, 2.05) is 0 Å². The summed E-state index contributed by atoms with van der Waals surface area (Å²) >= 11 is 0. The first-order valence-electron chi connectivity index (χ1n) is 4.56. The molecule has 0 bridgehead atoms. The average Bonchev–Trinajstić information content (AvgIpc) is 2.34. The molecule has 0 spiro atoms. The monoisotopic (exact) mass is 153 g/mol. The third-order valence-electron chi connectivity index (χ3n) is 2.94. The highest BCUT2D eigenvalue weighted by Gasteiger charge is 2.37. The molecular formula is C9H15NO. The van der Waals surface area contributed by atoms with E-state index in [-0.39, 0.29) is 0 Å². The van der Waals surface area contributed by atoms with Crippen LogP contribution in [-0.2, 0) is 4.79 Å². The molecule has 0 radical (unpaired) electrons. The van der Waals surface area contributed by atoms with Crippen LogP contribution in [0.3, 0.4) is 0 Å². The van der Waals surface area contributed by atoms with Crippen molar-refractivity contribution in [2.45, 2.75) is 44.7 Å². The summed E-state index contributed by atoms with van der Waals surface area (Å²) in [5.74, 6) is 0.866. The highest BCUT2D eigenvalue weighted by molar-refractivity contribution is 5.83. The molecule has 0 aromatic carbocycles. The maximum absolute atomic E-state index is 11.4. The van der Waals surface area contributed by atoms with Crippen LogP contribution < -0.4 is 5.32 Å². The fourth-order valence-electron chi connectivity index (χ4n) is 2.42. The lowest BCUT2D eigenvalue weighted by Gasteiger charge is -2.30. The van der Waals surface area contributed by atoms with Crippen molar-refractivity contribution < 1.29 is 4.79 Å². The van der Waals surface area contributed by atoms with Gasteiger partial charge in [-0.25, -0.2) is 0 Å². The van der Waals surface area contributed by atoms with E-state index in [9.17, 15) is 4.79 Å². The maximum atomic E-state index is 11.4. The minimum absolute atomic E-state index is 0.367. The van der Waals surface area contributed by atoms with Gasteiger partial charge >= 0.3 is 0 Å². The highest BCUT2D eigenvalue weighted by Crippen LogP contribution is 2.31. The Balaban J connectivity index is 2.10. The third-order valence-corrected chi connectivity index (χ3v) is 2.94. The molecule has 2 heteroatoms. The summed E-state index contributed by atoms with van der Waals surface area (Å²) in [5, 5.41) is 3.49. The summed E-state index contributed by atoms with van der Waals surface area (Å²) in [5.41, 5.74) is 0. The molecule has 2 fully saturated rings. The van der Waals surface area contributed by atoms with Crippen molar-refractivity contribution in [1.29, 1.82) is 0 Å². The van der Waals surface area contributed by atoms with Crippen LogP contribution in [0.2, 0.25) is 0 Å². The summed E-state index contributed by atoms with van der Waals surface area (Å²) in [7, 11) is 0. The fraction of sp³-hybridized carbons (Fsp3) is 0.889. The van der Waals surface area contributed by atoms with Gasteiger partial charge in [-0.2, -0.15) is 0 Å². The topological polar surface area (TPSA) is 29.1 Å². The molecule has 1 heterocycles. The minimum atomic E-state index is 0.367. The molecule has 62 valence electrons. The lowest BCUT2D eigenvalue weighted by atomic mass is 9.89. The first kappa shape index (κ1) is 7.29. The Hall–Kier alpha value is -0.370. The summed E-state index contributed by atoms with van der Waals surface area (Å²) in [4.78, 5) is 11.4. The van der Waals surface area contributed by atoms with Crippen LogP contribution in [0, 0.1) is 5.92 Å². The van der Waals surface area contributed by atoms with E-state index in [0.717, 1.165) is 12.8 Å². The Kier molecular flexibility index (Phi) is 1.72. The second kappa shape index (κ2) is 2.59. The zero-order valence-electron chi connectivity index (χ0n) is 6.97. The van der Waals surface area contributed by atoms with Crippen LogP contribution in [0.4, 0.5) is 0 Å². The third kappa shape index (κ3) is 1.20. The van der Waals surface area contributed by atoms with Gasteiger partial charge in [-0.05, 0) is 19.8 Å². The minimum Gasteiger partial charge on any atom is -0.310 e. The lowest BCUT2D eigenvalue weighted by molar-refractivity contribution is -0.125. The number of hydrogen-bond acceptors (Lipinski definition) is 2. The SMILES string of the molecule is CC1CC(=O)C2CCCC2N1. The van der Waals surface area contributed by atoms with E-state index in [4.69, 9.17) is 0 Å². The van der Waals surface area contributed by atoms with E-state index < -0.39 is 0 Å². The second-order valence-corrected chi connectivity index (χ2v) is 3.88. The Bertz CT molecular complexity index is 178. The first-order chi connectivity index (χ1) is 5.27. The van der Waals surface area contributed by atoms with Gasteiger partial charge in [0, 0.05) is 24.4 Å². The van der Waals surface area contributed by atoms with Crippen molar-refractivity contribution in [3.8, 4) is 0 Å². The van der Waals surface area contributed by atoms with E-state index in [1.54, 1.807) is 0 Å². The Morgan fingerprint density at radius 1 is 1.45 bits per heavy atom. The van der Waals surface area contributed by atoms with Crippen molar-refractivity contribution in [3.63, 3.8) is 0 Å². The van der Waals surface area contributed by atoms with E-state index in [1.165, 1.54) is 12.8 Å². The van der Waals surface area contributed by atoms with Crippen molar-refractivity contribution >= 4 is 5.78 Å². The number of carbonyl (C=O) groups is 1. The molecule has 2 aliphatic rings. The predicted octanol–water partition coefficient (Wildman–Crippen LogP) is 1.11. The van der Waals surface area contributed by atoms with Gasteiger partial charge in [0.2, 0.25) is 0 Å². The molecule has 1 N–H and O–H groups in total. The molecule has 0 aromatic rings. The Labute approximate surface area is 67.4 Å². The van der Waals surface area contributed by atoms with Gasteiger partial charge in [0.15, 0.2) is 0 Å². The maximum Gasteiger partial charge on any atom is 0.139 e. The Morgan fingerprint density at radius 3 is 3.09 bits per heavy atom. The number of rotatable bonds is 0. The van der Waals surface area contributed by atoms with Crippen molar-refractivity contribution in [2.24, 2.45) is 5.92 Å². The number of Topliss-reactive ketones (excluding diaryl/α,β-unsaturated/α-hetero) is 1. The summed E-state index contributed by atoms with van der Waals surface area (Å²) in [6.45, 7) is 2.10. The number of ketones is 1. The summed E-state index contributed by atoms with van der Waals surface area (Å²) < 4.78 is 0. The van der Waals surface area contributed by atoms with E-state index in [2.05, 4.69) is 12.2 Å². The standard InChI is InChI=1S/C9H15NO/c1-6-5-9(11)7-3-2-4-8(7)10-6/h6-8,10H,2-5H2,1H3. The van der Waals surface area contributed by atoms with Gasteiger partial charge in [0.1, 0.15) is 5.78 Å². The normalized spacial score (nSPS) is 44.1. The number of carbonyl (C=O) groups excluding carboxylic acids is 1. The first-order valence-corrected chi connectivity index (χ1v) is 4.56. The molecule has 1 aliphatic heterocycles. The summed E-state index contributed by atoms with van der Waals surface area (Å²) in [6, 6.07) is 0.938. The highest BCUT2D eigenvalue weighted by atomic mass is 16.1. The number of nitrogens with one attached hydrogen (secondary N) is 1. The molecule has 1 aliphatic carbocycles. The molecule has 2 nitrogen and oxygen atoms in total. The van der Waals surface area contributed by atoms with Gasteiger partial charge in [-0.1, -0.05) is 6.42 Å². The smallest absolute Gasteiger partial charge is 0.139 e. The molecule has 3 atom stereocenters. The molecule has 1 saturated heterocycles. The number of fused-ring (bicyclic) bond motifs is 1. The largest absolute Gasteiger partial charge is 0.310 e. The molecular weight excluding hydrogens is 138 g/mol. The van der Waals surface area contributed by atoms with Crippen molar-refractivity contribution in [1.82, 2.24) is 5.32 Å². The zero-order chi connectivity index (χ0) is 7.84. The summed E-state index contributed by atoms with van der Waals surface area (Å²) in [6.07, 6.45) is 4.33. The molecule has 11 heavy (non-hydrogen) atoms. The van der Waals surface area contributed by atoms with Crippen LogP contribution in [0.25, 0.3) is 0 Å². The quantitative estimate of drug-likeness (QED) is 0.564. The van der Waals surface area contributed by atoms with Crippen molar-refractivity contribution in [3.05, 3.63) is 0 Å². The number of piperidine rings is 1. The van der Waals surface area contributed by atoms with Crippen LogP contribution in [0.1, 0.15) is 32.6 Å². The van der Waals surface area contributed by atoms with E-state index >= 15 is 0 Å². The molecule has 3 unspecified atom stereocenters. The molecule has 2 rings (SSSR count). The molecule has 0 aromatic heterocycles. The van der Waals surface area contributed by atoms with Crippen LogP contribution >= 0.6 is 0 Å². The van der Waals surface area contributed by atoms with Crippen LogP contribution in [-0.4, -0.2) is 17.9 Å². The average molecular weight is 153 g/mol.